The number of hydrogen-bond donors (Lipinski definition) is 3. The standard InChI is InChI=1S/C20H33NO5/c22-18(13-5-2-1-3-6-13)9-8-14-15-11-17(16(15)12-19(14)23)21-26-10-4-7-20(24)25/h13-16,18-19,22-23H,1-12H2,(H,24,25). The van der Waals surface area contributed by atoms with Crippen molar-refractivity contribution in [2.45, 2.75) is 82.8 Å². The molecule has 3 aliphatic carbocycles. The van der Waals surface area contributed by atoms with Gasteiger partial charge in [0.1, 0.15) is 6.61 Å². The largest absolute Gasteiger partial charge is 0.481 e. The maximum absolute atomic E-state index is 10.5. The highest BCUT2D eigenvalue weighted by molar-refractivity contribution is 5.93. The number of aliphatic carboxylic acids is 1. The first kappa shape index (κ1) is 19.6. The third-order valence-electron chi connectivity index (χ3n) is 6.73. The van der Waals surface area contributed by atoms with Gasteiger partial charge >= 0.3 is 5.97 Å². The molecule has 6 heteroatoms. The number of nitrogens with zero attached hydrogens (tertiary/aromatic N) is 1. The summed E-state index contributed by atoms with van der Waals surface area (Å²) in [6, 6.07) is 0. The van der Waals surface area contributed by atoms with Gasteiger partial charge in [0.15, 0.2) is 0 Å². The maximum atomic E-state index is 10.5. The second-order valence-electron chi connectivity index (χ2n) is 8.40. The molecule has 5 atom stereocenters. The van der Waals surface area contributed by atoms with Gasteiger partial charge in [0.2, 0.25) is 0 Å². The Hall–Kier alpha value is -1.14. The van der Waals surface area contributed by atoms with Gasteiger partial charge in [-0.15, -0.1) is 0 Å². The number of aliphatic hydroxyl groups excluding tert-OH is 2. The molecule has 0 saturated heterocycles. The number of aliphatic hydroxyl groups is 2. The summed E-state index contributed by atoms with van der Waals surface area (Å²) in [6.45, 7) is 0.326. The van der Waals surface area contributed by atoms with E-state index in [9.17, 15) is 15.0 Å². The Morgan fingerprint density at radius 1 is 1.27 bits per heavy atom. The van der Waals surface area contributed by atoms with Crippen molar-refractivity contribution >= 4 is 11.7 Å². The molecule has 26 heavy (non-hydrogen) atoms. The summed E-state index contributed by atoms with van der Waals surface area (Å²) >= 11 is 0. The molecule has 3 aliphatic rings. The van der Waals surface area contributed by atoms with Gasteiger partial charge in [0, 0.05) is 12.3 Å². The highest BCUT2D eigenvalue weighted by atomic mass is 16.6. The van der Waals surface area contributed by atoms with Crippen LogP contribution in [0.2, 0.25) is 0 Å². The van der Waals surface area contributed by atoms with Crippen molar-refractivity contribution in [1.82, 2.24) is 0 Å². The molecule has 3 fully saturated rings. The molecule has 0 amide bonds. The second-order valence-corrected chi connectivity index (χ2v) is 8.40. The lowest BCUT2D eigenvalue weighted by Gasteiger charge is -2.36. The van der Waals surface area contributed by atoms with Crippen molar-refractivity contribution in [3.05, 3.63) is 0 Å². The number of carbonyl (C=O) groups is 1. The third-order valence-corrected chi connectivity index (χ3v) is 6.73. The number of hydrogen-bond acceptors (Lipinski definition) is 5. The molecule has 0 radical (unpaired) electrons. The van der Waals surface area contributed by atoms with Gasteiger partial charge in [-0.25, -0.2) is 0 Å². The summed E-state index contributed by atoms with van der Waals surface area (Å²) in [5.74, 6) is 0.674. The Labute approximate surface area is 155 Å². The minimum atomic E-state index is -0.817. The second kappa shape index (κ2) is 9.18. The van der Waals surface area contributed by atoms with E-state index in [1.54, 1.807) is 0 Å². The van der Waals surface area contributed by atoms with E-state index >= 15 is 0 Å². The van der Waals surface area contributed by atoms with Gasteiger partial charge in [0.25, 0.3) is 0 Å². The molecule has 148 valence electrons. The lowest BCUT2D eigenvalue weighted by atomic mass is 9.69. The quantitative estimate of drug-likeness (QED) is 0.430. The summed E-state index contributed by atoms with van der Waals surface area (Å²) in [7, 11) is 0. The Balaban J connectivity index is 1.39. The fourth-order valence-electron chi connectivity index (χ4n) is 5.15. The van der Waals surface area contributed by atoms with E-state index in [1.165, 1.54) is 19.3 Å². The molecule has 0 heterocycles. The SMILES string of the molecule is O=C(O)CCCON=C1CC2C1CC(O)C2CCC(O)C1CCCCC1. The predicted molar refractivity (Wildman–Crippen MR) is 97.8 cm³/mol. The molecule has 0 bridgehead atoms. The topological polar surface area (TPSA) is 99.4 Å². The minimum absolute atomic E-state index is 0.0982. The Morgan fingerprint density at radius 2 is 2.04 bits per heavy atom. The first-order chi connectivity index (χ1) is 12.6. The normalized spacial score (nSPS) is 34.3. The molecule has 3 rings (SSSR count). The summed E-state index contributed by atoms with van der Waals surface area (Å²) in [5.41, 5.74) is 1.01. The number of oxime groups is 1. The third kappa shape index (κ3) is 4.77. The first-order valence-electron chi connectivity index (χ1n) is 10.3. The van der Waals surface area contributed by atoms with Gasteiger partial charge in [-0.3, -0.25) is 4.79 Å². The maximum Gasteiger partial charge on any atom is 0.303 e. The van der Waals surface area contributed by atoms with E-state index in [1.807, 2.05) is 0 Å². The number of fused-ring (bicyclic) bond motifs is 1. The summed E-state index contributed by atoms with van der Waals surface area (Å²) in [4.78, 5) is 15.7. The van der Waals surface area contributed by atoms with Gasteiger partial charge in [-0.2, -0.15) is 0 Å². The van der Waals surface area contributed by atoms with Crippen LogP contribution in [-0.2, 0) is 9.63 Å². The molecule has 5 unspecified atom stereocenters. The van der Waals surface area contributed by atoms with Gasteiger partial charge in [0.05, 0.1) is 17.9 Å². The van der Waals surface area contributed by atoms with Crippen LogP contribution in [0.4, 0.5) is 0 Å². The van der Waals surface area contributed by atoms with Crippen molar-refractivity contribution in [3.8, 4) is 0 Å². The lowest BCUT2D eigenvalue weighted by molar-refractivity contribution is -0.137. The van der Waals surface area contributed by atoms with Crippen LogP contribution < -0.4 is 0 Å². The van der Waals surface area contributed by atoms with Crippen LogP contribution in [0.3, 0.4) is 0 Å². The van der Waals surface area contributed by atoms with Crippen LogP contribution in [0.5, 0.6) is 0 Å². The van der Waals surface area contributed by atoms with Crippen LogP contribution in [0.25, 0.3) is 0 Å². The zero-order chi connectivity index (χ0) is 18.5. The van der Waals surface area contributed by atoms with Crippen LogP contribution in [0, 0.1) is 23.7 Å². The molecule has 0 aromatic heterocycles. The van der Waals surface area contributed by atoms with E-state index in [-0.39, 0.29) is 24.5 Å². The monoisotopic (exact) mass is 367 g/mol. The van der Waals surface area contributed by atoms with Crippen molar-refractivity contribution in [2.75, 3.05) is 6.61 Å². The molecule has 0 spiro atoms. The Kier molecular flexibility index (Phi) is 6.92. The van der Waals surface area contributed by atoms with Crippen molar-refractivity contribution in [1.29, 1.82) is 0 Å². The molecule has 6 nitrogen and oxygen atoms in total. The molecule has 0 aliphatic heterocycles. The average Bonchev–Trinajstić information content (AvgIpc) is 2.87. The lowest BCUT2D eigenvalue weighted by Crippen LogP contribution is -2.37. The molecule has 0 aromatic rings. The van der Waals surface area contributed by atoms with Crippen molar-refractivity contribution < 1.29 is 25.0 Å². The number of carboxylic acid groups (broad SMARTS) is 1. The van der Waals surface area contributed by atoms with Gasteiger partial charge in [-0.05, 0) is 62.7 Å². The molecular weight excluding hydrogens is 334 g/mol. The predicted octanol–water partition coefficient (Wildman–Crippen LogP) is 2.96. The van der Waals surface area contributed by atoms with Crippen molar-refractivity contribution in [2.24, 2.45) is 28.8 Å². The zero-order valence-electron chi connectivity index (χ0n) is 15.6. The smallest absolute Gasteiger partial charge is 0.303 e. The van der Waals surface area contributed by atoms with Gasteiger partial charge in [-0.1, -0.05) is 24.4 Å². The molecular formula is C20H33NO5. The van der Waals surface area contributed by atoms with E-state index in [4.69, 9.17) is 9.94 Å². The van der Waals surface area contributed by atoms with Crippen LogP contribution >= 0.6 is 0 Å². The fourth-order valence-corrected chi connectivity index (χ4v) is 5.15. The number of rotatable bonds is 9. The molecule has 3 N–H and O–H groups in total. The van der Waals surface area contributed by atoms with E-state index in [0.717, 1.165) is 44.2 Å². The molecule has 3 saturated carbocycles. The van der Waals surface area contributed by atoms with Crippen LogP contribution in [0.15, 0.2) is 5.16 Å². The highest BCUT2D eigenvalue weighted by Crippen LogP contribution is 2.50. The van der Waals surface area contributed by atoms with E-state index < -0.39 is 5.97 Å². The molecule has 0 aromatic carbocycles. The fraction of sp³-hybridized carbons (Fsp3) is 0.900. The Bertz CT molecular complexity index is 502. The van der Waals surface area contributed by atoms with Crippen molar-refractivity contribution in [3.63, 3.8) is 0 Å². The number of carboxylic acids is 1. The van der Waals surface area contributed by atoms with Crippen LogP contribution in [-0.4, -0.2) is 45.8 Å². The van der Waals surface area contributed by atoms with Crippen LogP contribution in [0.1, 0.15) is 70.6 Å². The first-order valence-corrected chi connectivity index (χ1v) is 10.3. The summed E-state index contributed by atoms with van der Waals surface area (Å²) < 4.78 is 0. The highest BCUT2D eigenvalue weighted by Gasteiger charge is 2.51. The summed E-state index contributed by atoms with van der Waals surface area (Å²) in [6.07, 6.45) is 9.43. The Morgan fingerprint density at radius 3 is 2.77 bits per heavy atom. The van der Waals surface area contributed by atoms with Gasteiger partial charge < -0.3 is 20.2 Å². The summed E-state index contributed by atoms with van der Waals surface area (Å²) in [5, 5.41) is 33.7. The average molecular weight is 367 g/mol. The minimum Gasteiger partial charge on any atom is -0.481 e. The van der Waals surface area contributed by atoms with E-state index in [2.05, 4.69) is 5.16 Å². The van der Waals surface area contributed by atoms with E-state index in [0.29, 0.717) is 30.8 Å². The zero-order valence-corrected chi connectivity index (χ0v) is 15.6.